The van der Waals surface area contributed by atoms with Gasteiger partial charge in [0.1, 0.15) is 19.3 Å². The van der Waals surface area contributed by atoms with Crippen molar-refractivity contribution in [2.45, 2.75) is 316 Å². The Morgan fingerprint density at radius 1 is 0.259 bits per heavy atom. The van der Waals surface area contributed by atoms with Gasteiger partial charge in [-0.15, -0.1) is 0 Å². The molecule has 0 aromatic carbocycles. The van der Waals surface area contributed by atoms with E-state index in [4.69, 9.17) is 37.0 Å². The van der Waals surface area contributed by atoms with Gasteiger partial charge in [-0.25, -0.2) is 9.13 Å². The SMILES string of the molecule is CC/C=C\C/C=C\C/C=C\C/C=C\C/C=C\CCCCCC(=O)OCC(COP(=O)(O)OCC(O)COP(=O)(O)OCC(COC(=O)CCCCCCCCC/C=C\C/C=C\C/C=C\CC)OC(=O)CCCC/C=C\C/C=C\C/C=C\C/C=C\CC)OC(=O)CCCCCCCCC/C=C\C/C=C\C/C=C\CC. The van der Waals surface area contributed by atoms with Gasteiger partial charge in [0, 0.05) is 25.7 Å². The molecular formula is C89H144O17P2. The third kappa shape index (κ3) is 78.3. The van der Waals surface area contributed by atoms with Crippen LogP contribution in [0.3, 0.4) is 0 Å². The lowest BCUT2D eigenvalue weighted by atomic mass is 10.1. The van der Waals surface area contributed by atoms with Gasteiger partial charge in [0.05, 0.1) is 26.4 Å². The number of phosphoric acid groups is 2. The zero-order valence-corrected chi connectivity index (χ0v) is 68.7. The number of aliphatic hydroxyl groups excluding tert-OH is 1. The smallest absolute Gasteiger partial charge is 0.462 e. The standard InChI is InChI=1S/C89H144O17P2/c1-5-9-13-17-21-25-29-33-37-40-41-44-47-50-54-58-62-66-70-74-87(92)100-80-85(106-89(94)76-72-68-64-60-56-52-48-43-39-35-31-27-23-19-15-11-7-3)82-104-108(97,98)102-78-83(90)77-101-107(95,96)103-81-84(105-88(93)75-71-67-63-59-55-51-45-36-32-28-24-20-16-12-8-4)79-99-86(91)73-69-65-61-57-53-49-46-42-38-34-30-26-22-18-14-10-6-2/h9-16,21-28,33-39,41,44-45,50,54-55,59,83-85,90H,5-8,17-20,29-32,40,42-43,46-49,51-53,56-58,60-82H2,1-4H3,(H,95,96)(H,97,98)/b13-9-,14-10-,15-11-,16-12-,25-21-,26-22-,27-23-,28-24-,37-33-,38-34-,39-35-,44-41-,45-36-,54-50-,59-55-. The molecule has 0 amide bonds. The van der Waals surface area contributed by atoms with Crippen LogP contribution in [0.5, 0.6) is 0 Å². The molecular weight excluding hydrogens is 1400 g/mol. The first kappa shape index (κ1) is 102. The summed E-state index contributed by atoms with van der Waals surface area (Å²) in [7, 11) is -10.0. The highest BCUT2D eigenvalue weighted by Gasteiger charge is 2.30. The number of hydrogen-bond donors (Lipinski definition) is 3. The van der Waals surface area contributed by atoms with Crippen LogP contribution in [0, 0.1) is 0 Å². The molecule has 0 bridgehead atoms. The average Bonchev–Trinajstić information content (AvgIpc) is 0.906. The molecule has 0 saturated heterocycles. The van der Waals surface area contributed by atoms with E-state index in [1.807, 2.05) is 0 Å². The fourth-order valence-electron chi connectivity index (χ4n) is 10.3. The van der Waals surface area contributed by atoms with Crippen molar-refractivity contribution >= 4 is 39.5 Å². The Morgan fingerprint density at radius 2 is 0.454 bits per heavy atom. The van der Waals surface area contributed by atoms with Gasteiger partial charge in [-0.3, -0.25) is 37.3 Å². The minimum absolute atomic E-state index is 0.0334. The summed E-state index contributed by atoms with van der Waals surface area (Å²) in [5.74, 6) is -2.29. The molecule has 0 aliphatic heterocycles. The molecule has 0 spiro atoms. The van der Waals surface area contributed by atoms with E-state index in [0.717, 1.165) is 212 Å². The lowest BCUT2D eigenvalue weighted by molar-refractivity contribution is -0.161. The Labute approximate surface area is 654 Å². The number of esters is 4. The van der Waals surface area contributed by atoms with Crippen molar-refractivity contribution < 1.29 is 80.2 Å². The lowest BCUT2D eigenvalue weighted by Crippen LogP contribution is -2.30. The van der Waals surface area contributed by atoms with E-state index in [0.29, 0.717) is 32.1 Å². The van der Waals surface area contributed by atoms with Crippen LogP contribution in [-0.2, 0) is 65.4 Å². The number of allylic oxidation sites excluding steroid dienone is 30. The maximum absolute atomic E-state index is 13.1. The van der Waals surface area contributed by atoms with E-state index < -0.39 is 97.5 Å². The van der Waals surface area contributed by atoms with Crippen molar-refractivity contribution in [3.63, 3.8) is 0 Å². The highest BCUT2D eigenvalue weighted by atomic mass is 31.2. The molecule has 0 fully saturated rings. The number of ether oxygens (including phenoxy) is 4. The fraction of sp³-hybridized carbons (Fsp3) is 0.618. The van der Waals surface area contributed by atoms with Crippen LogP contribution in [0.25, 0.3) is 0 Å². The maximum Gasteiger partial charge on any atom is 0.472 e. The molecule has 0 aliphatic carbocycles. The Bertz CT molecular complexity index is 2760. The molecule has 3 N–H and O–H groups in total. The molecule has 5 atom stereocenters. The second-order valence-corrected chi connectivity index (χ2v) is 29.4. The third-order valence-electron chi connectivity index (χ3n) is 16.4. The van der Waals surface area contributed by atoms with Crippen LogP contribution in [0.4, 0.5) is 0 Å². The maximum atomic E-state index is 13.1. The van der Waals surface area contributed by atoms with Gasteiger partial charge in [0.25, 0.3) is 0 Å². The molecule has 0 rings (SSSR count). The van der Waals surface area contributed by atoms with Gasteiger partial charge >= 0.3 is 39.5 Å². The Balaban J connectivity index is 5.47. The van der Waals surface area contributed by atoms with Crippen molar-refractivity contribution in [1.29, 1.82) is 0 Å². The summed E-state index contributed by atoms with van der Waals surface area (Å²) in [5.41, 5.74) is 0. The van der Waals surface area contributed by atoms with Gasteiger partial charge < -0.3 is 33.8 Å². The number of unbranched alkanes of at least 4 members (excludes halogenated alkanes) is 19. The summed E-state index contributed by atoms with van der Waals surface area (Å²) in [6.45, 7) is 4.31. The minimum Gasteiger partial charge on any atom is -0.462 e. The molecule has 0 aliphatic rings. The highest BCUT2D eigenvalue weighted by molar-refractivity contribution is 7.47. The second-order valence-electron chi connectivity index (χ2n) is 26.5. The lowest BCUT2D eigenvalue weighted by Gasteiger charge is -2.21. The van der Waals surface area contributed by atoms with Gasteiger partial charge in [0.2, 0.25) is 0 Å². The number of rotatable bonds is 75. The molecule has 0 radical (unpaired) electrons. The van der Waals surface area contributed by atoms with Gasteiger partial charge in [-0.1, -0.05) is 281 Å². The van der Waals surface area contributed by atoms with E-state index in [-0.39, 0.29) is 25.7 Å². The Hall–Kier alpha value is -5.84. The third-order valence-corrected chi connectivity index (χ3v) is 18.3. The zero-order chi connectivity index (χ0) is 78.9. The highest BCUT2D eigenvalue weighted by Crippen LogP contribution is 2.45. The van der Waals surface area contributed by atoms with Gasteiger partial charge in [-0.2, -0.15) is 0 Å². The molecule has 108 heavy (non-hydrogen) atoms. The monoisotopic (exact) mass is 1550 g/mol. The van der Waals surface area contributed by atoms with E-state index in [1.165, 1.54) is 0 Å². The van der Waals surface area contributed by atoms with Gasteiger partial charge in [-0.05, 0) is 173 Å². The van der Waals surface area contributed by atoms with Crippen molar-refractivity contribution in [1.82, 2.24) is 0 Å². The molecule has 0 aromatic rings. The Kier molecular flexibility index (Phi) is 75.0. The number of carbonyl (C=O) groups is 4. The molecule has 17 nitrogen and oxygen atoms in total. The molecule has 5 unspecified atom stereocenters. The summed E-state index contributed by atoms with van der Waals surface area (Å²) in [6.07, 6.45) is 95.8. The average molecular weight is 1550 g/mol. The predicted molar refractivity (Wildman–Crippen MR) is 445 cm³/mol. The first-order valence-electron chi connectivity index (χ1n) is 41.0. The molecule has 19 heteroatoms. The van der Waals surface area contributed by atoms with E-state index in [2.05, 4.69) is 210 Å². The minimum atomic E-state index is -5.00. The summed E-state index contributed by atoms with van der Waals surface area (Å²) in [5, 5.41) is 10.7. The zero-order valence-electron chi connectivity index (χ0n) is 66.9. The van der Waals surface area contributed by atoms with Crippen LogP contribution < -0.4 is 0 Å². The van der Waals surface area contributed by atoms with Crippen molar-refractivity contribution in [3.8, 4) is 0 Å². The summed E-state index contributed by atoms with van der Waals surface area (Å²) in [4.78, 5) is 73.2. The van der Waals surface area contributed by atoms with Crippen molar-refractivity contribution in [2.24, 2.45) is 0 Å². The van der Waals surface area contributed by atoms with Crippen LogP contribution in [0.2, 0.25) is 0 Å². The van der Waals surface area contributed by atoms with Crippen LogP contribution >= 0.6 is 15.6 Å². The molecule has 612 valence electrons. The van der Waals surface area contributed by atoms with Crippen molar-refractivity contribution in [2.75, 3.05) is 39.6 Å². The molecule has 0 saturated carbocycles. The largest absolute Gasteiger partial charge is 0.472 e. The fourth-order valence-corrected chi connectivity index (χ4v) is 11.8. The number of carbonyl (C=O) groups excluding carboxylic acids is 4. The van der Waals surface area contributed by atoms with Crippen LogP contribution in [0.15, 0.2) is 182 Å². The first-order chi connectivity index (χ1) is 52.7. The number of aliphatic hydroxyl groups is 1. The van der Waals surface area contributed by atoms with Gasteiger partial charge in [0.15, 0.2) is 12.2 Å². The first-order valence-corrected chi connectivity index (χ1v) is 44.0. The van der Waals surface area contributed by atoms with E-state index in [1.54, 1.807) is 0 Å². The normalized spacial score (nSPS) is 14.8. The van der Waals surface area contributed by atoms with Crippen molar-refractivity contribution in [3.05, 3.63) is 182 Å². The Morgan fingerprint density at radius 3 is 0.722 bits per heavy atom. The van der Waals surface area contributed by atoms with E-state index >= 15 is 0 Å². The second kappa shape index (κ2) is 79.3. The predicted octanol–water partition coefficient (Wildman–Crippen LogP) is 24.3. The molecule has 0 heterocycles. The molecule has 0 aromatic heterocycles. The van der Waals surface area contributed by atoms with Crippen LogP contribution in [0.1, 0.15) is 297 Å². The summed E-state index contributed by atoms with van der Waals surface area (Å²) < 4.78 is 68.7. The number of phosphoric ester groups is 2. The topological polar surface area (TPSA) is 237 Å². The quantitative estimate of drug-likeness (QED) is 0.0169. The number of hydrogen-bond acceptors (Lipinski definition) is 15. The summed E-state index contributed by atoms with van der Waals surface area (Å²) >= 11 is 0. The van der Waals surface area contributed by atoms with Crippen LogP contribution in [-0.4, -0.2) is 96.7 Å². The van der Waals surface area contributed by atoms with E-state index in [9.17, 15) is 43.2 Å². The summed E-state index contributed by atoms with van der Waals surface area (Å²) in [6, 6.07) is 0.